The van der Waals surface area contributed by atoms with Crippen molar-refractivity contribution in [2.24, 2.45) is 0 Å². The summed E-state index contributed by atoms with van der Waals surface area (Å²) in [7, 11) is -2.40. The number of hydrogen-bond acceptors (Lipinski definition) is 5. The highest BCUT2D eigenvalue weighted by atomic mass is 35.5. The van der Waals surface area contributed by atoms with Crippen LogP contribution >= 0.6 is 11.6 Å². The van der Waals surface area contributed by atoms with E-state index in [-0.39, 0.29) is 23.1 Å². The van der Waals surface area contributed by atoms with Crippen LogP contribution < -0.4 is 4.72 Å². The van der Waals surface area contributed by atoms with Crippen LogP contribution in [-0.4, -0.2) is 44.9 Å². The largest absolute Gasteiger partial charge is 0.395 e. The Morgan fingerprint density at radius 1 is 1.65 bits per heavy atom. The summed E-state index contributed by atoms with van der Waals surface area (Å²) in [5.41, 5.74) is 0. The summed E-state index contributed by atoms with van der Waals surface area (Å²) in [6.07, 6.45) is 2.53. The predicted octanol–water partition coefficient (Wildman–Crippen LogP) is 0.0206. The second-order valence-electron chi connectivity index (χ2n) is 3.26. The molecule has 17 heavy (non-hydrogen) atoms. The van der Waals surface area contributed by atoms with Crippen LogP contribution in [0.1, 0.15) is 0 Å². The summed E-state index contributed by atoms with van der Waals surface area (Å²) in [5.74, 6) is 0. The molecule has 0 radical (unpaired) electrons. The highest BCUT2D eigenvalue weighted by Crippen LogP contribution is 2.19. The minimum absolute atomic E-state index is 0.0631. The number of halogens is 1. The van der Waals surface area contributed by atoms with Crippen molar-refractivity contribution in [3.63, 3.8) is 0 Å². The lowest BCUT2D eigenvalue weighted by Gasteiger charge is -2.15. The fraction of sp³-hybridized carbons (Fsp3) is 0.444. The molecule has 0 aliphatic heterocycles. The summed E-state index contributed by atoms with van der Waals surface area (Å²) in [5, 5.41) is 9.05. The summed E-state index contributed by atoms with van der Waals surface area (Å²) in [6.45, 7) is -0.307. The monoisotopic (exact) mass is 280 g/mol. The van der Waals surface area contributed by atoms with Gasteiger partial charge < -0.3 is 9.84 Å². The van der Waals surface area contributed by atoms with Gasteiger partial charge in [0, 0.05) is 19.5 Å². The third-order valence-corrected chi connectivity index (χ3v) is 3.92. The first kappa shape index (κ1) is 14.3. The number of sulfonamides is 1. The fourth-order valence-electron chi connectivity index (χ4n) is 1.17. The molecular formula is C9H13ClN2O4S. The van der Waals surface area contributed by atoms with Gasteiger partial charge >= 0.3 is 0 Å². The Bertz CT molecular complexity index is 466. The van der Waals surface area contributed by atoms with Gasteiger partial charge in [0.2, 0.25) is 10.0 Å². The van der Waals surface area contributed by atoms with Crippen molar-refractivity contribution in [1.29, 1.82) is 0 Å². The second-order valence-corrected chi connectivity index (χ2v) is 5.35. The van der Waals surface area contributed by atoms with Crippen LogP contribution in [0, 0.1) is 0 Å². The number of aliphatic hydroxyl groups excluding tert-OH is 1. The molecule has 0 amide bonds. The van der Waals surface area contributed by atoms with Crippen LogP contribution in [0.25, 0.3) is 0 Å². The van der Waals surface area contributed by atoms with E-state index >= 15 is 0 Å². The minimum Gasteiger partial charge on any atom is -0.395 e. The van der Waals surface area contributed by atoms with E-state index < -0.39 is 16.1 Å². The van der Waals surface area contributed by atoms with Gasteiger partial charge in [-0.1, -0.05) is 11.6 Å². The molecule has 1 aromatic heterocycles. The van der Waals surface area contributed by atoms with Gasteiger partial charge in [0.05, 0.1) is 24.3 Å². The summed E-state index contributed by atoms with van der Waals surface area (Å²) < 4.78 is 30.8. The van der Waals surface area contributed by atoms with E-state index in [2.05, 4.69) is 9.71 Å². The van der Waals surface area contributed by atoms with Gasteiger partial charge in [0.15, 0.2) is 0 Å². The first-order chi connectivity index (χ1) is 8.01. The van der Waals surface area contributed by atoms with Crippen LogP contribution in [-0.2, 0) is 14.8 Å². The molecule has 96 valence electrons. The zero-order valence-electron chi connectivity index (χ0n) is 9.13. The molecule has 0 aliphatic carbocycles. The molecule has 0 saturated carbocycles. The topological polar surface area (TPSA) is 88.5 Å². The lowest BCUT2D eigenvalue weighted by Crippen LogP contribution is -2.40. The number of nitrogens with one attached hydrogen (secondary N) is 1. The van der Waals surface area contributed by atoms with Gasteiger partial charge in [-0.3, -0.25) is 4.98 Å². The van der Waals surface area contributed by atoms with Crippen LogP contribution in [0.2, 0.25) is 5.02 Å². The second kappa shape index (κ2) is 6.27. The van der Waals surface area contributed by atoms with Crippen LogP contribution in [0.15, 0.2) is 23.4 Å². The van der Waals surface area contributed by atoms with Crippen molar-refractivity contribution >= 4 is 21.6 Å². The number of nitrogens with zero attached hydrogens (tertiary/aromatic N) is 1. The first-order valence-corrected chi connectivity index (χ1v) is 6.59. The Balaban J connectivity index is 2.92. The van der Waals surface area contributed by atoms with Gasteiger partial charge in [0.25, 0.3) is 0 Å². The van der Waals surface area contributed by atoms with Gasteiger partial charge in [-0.05, 0) is 6.07 Å². The lowest BCUT2D eigenvalue weighted by molar-refractivity contribution is 0.139. The maximum absolute atomic E-state index is 11.9. The molecule has 0 saturated heterocycles. The molecule has 6 nitrogen and oxygen atoms in total. The number of aliphatic hydroxyl groups is 1. The van der Waals surface area contributed by atoms with Crippen molar-refractivity contribution in [2.45, 2.75) is 10.9 Å². The maximum atomic E-state index is 11.9. The summed E-state index contributed by atoms with van der Waals surface area (Å²) in [4.78, 5) is 3.57. The van der Waals surface area contributed by atoms with Crippen LogP contribution in [0.5, 0.6) is 0 Å². The molecule has 0 spiro atoms. The van der Waals surface area contributed by atoms with Gasteiger partial charge in [-0.25, -0.2) is 13.1 Å². The van der Waals surface area contributed by atoms with Crippen LogP contribution in [0.4, 0.5) is 0 Å². The molecule has 2 N–H and O–H groups in total. The number of rotatable bonds is 6. The number of hydrogen-bond donors (Lipinski definition) is 2. The normalized spacial score (nSPS) is 13.6. The quantitative estimate of drug-likeness (QED) is 0.767. The third-order valence-electron chi connectivity index (χ3n) is 1.93. The van der Waals surface area contributed by atoms with E-state index in [1.807, 2.05) is 0 Å². The Labute approximate surface area is 105 Å². The zero-order valence-corrected chi connectivity index (χ0v) is 10.7. The standard InChI is InChI=1S/C9H13ClN2O4S/c1-16-6-7(5-13)12-17(14,15)9-4-11-3-2-8(9)10/h2-4,7,12-13H,5-6H2,1H3. The predicted molar refractivity (Wildman–Crippen MR) is 62.3 cm³/mol. The van der Waals surface area contributed by atoms with E-state index in [0.717, 1.165) is 6.20 Å². The number of aromatic nitrogens is 1. The minimum atomic E-state index is -3.81. The molecule has 8 heteroatoms. The average molecular weight is 281 g/mol. The van der Waals surface area contributed by atoms with E-state index in [0.29, 0.717) is 0 Å². The van der Waals surface area contributed by atoms with E-state index in [4.69, 9.17) is 21.4 Å². The van der Waals surface area contributed by atoms with Crippen molar-refractivity contribution < 1.29 is 18.3 Å². The average Bonchev–Trinajstić information content (AvgIpc) is 2.28. The third kappa shape index (κ3) is 3.90. The molecule has 1 atom stereocenters. The summed E-state index contributed by atoms with van der Waals surface area (Å²) in [6, 6.07) is 0.654. The van der Waals surface area contributed by atoms with E-state index in [9.17, 15) is 8.42 Å². The number of pyridine rings is 1. The van der Waals surface area contributed by atoms with Gasteiger partial charge in [-0.15, -0.1) is 0 Å². The Hall–Kier alpha value is -0.730. The molecule has 1 heterocycles. The smallest absolute Gasteiger partial charge is 0.244 e. The fourth-order valence-corrected chi connectivity index (χ4v) is 2.81. The Morgan fingerprint density at radius 3 is 2.88 bits per heavy atom. The molecular weight excluding hydrogens is 268 g/mol. The van der Waals surface area contributed by atoms with Gasteiger partial charge in [0.1, 0.15) is 4.90 Å². The molecule has 0 aliphatic rings. The summed E-state index contributed by atoms with van der Waals surface area (Å²) >= 11 is 5.76. The lowest BCUT2D eigenvalue weighted by atomic mass is 10.4. The molecule has 1 rings (SSSR count). The van der Waals surface area contributed by atoms with Gasteiger partial charge in [-0.2, -0.15) is 0 Å². The zero-order chi connectivity index (χ0) is 12.9. The molecule has 0 fully saturated rings. The highest BCUT2D eigenvalue weighted by Gasteiger charge is 2.22. The molecule has 1 unspecified atom stereocenters. The number of methoxy groups -OCH3 is 1. The number of ether oxygens (including phenoxy) is 1. The highest BCUT2D eigenvalue weighted by molar-refractivity contribution is 7.89. The van der Waals surface area contributed by atoms with Crippen molar-refractivity contribution in [3.05, 3.63) is 23.5 Å². The Kier molecular flexibility index (Phi) is 5.29. The van der Waals surface area contributed by atoms with Crippen molar-refractivity contribution in [2.75, 3.05) is 20.3 Å². The maximum Gasteiger partial charge on any atom is 0.244 e. The van der Waals surface area contributed by atoms with Crippen molar-refractivity contribution in [3.8, 4) is 0 Å². The first-order valence-electron chi connectivity index (χ1n) is 4.73. The van der Waals surface area contributed by atoms with E-state index in [1.165, 1.54) is 19.4 Å². The van der Waals surface area contributed by atoms with E-state index in [1.54, 1.807) is 0 Å². The Morgan fingerprint density at radius 2 is 2.35 bits per heavy atom. The van der Waals surface area contributed by atoms with Crippen LogP contribution in [0.3, 0.4) is 0 Å². The molecule has 0 bridgehead atoms. The SMILES string of the molecule is COCC(CO)NS(=O)(=O)c1cnccc1Cl. The molecule has 0 aromatic carbocycles. The molecule has 1 aromatic rings. The van der Waals surface area contributed by atoms with Crippen molar-refractivity contribution in [1.82, 2.24) is 9.71 Å².